The molecular formula is C24H24O2. The fraction of sp³-hybridized carbons (Fsp3) is 0.250. The van der Waals surface area contributed by atoms with E-state index in [0.717, 1.165) is 17.5 Å². The second-order valence-electron chi connectivity index (χ2n) is 8.25. The van der Waals surface area contributed by atoms with E-state index >= 15 is 0 Å². The lowest BCUT2D eigenvalue weighted by atomic mass is 9.75. The van der Waals surface area contributed by atoms with Gasteiger partial charge in [0, 0.05) is 5.41 Å². The first-order chi connectivity index (χ1) is 12.3. The Kier molecular flexibility index (Phi) is 3.62. The summed E-state index contributed by atoms with van der Waals surface area (Å²) in [5.41, 5.74) is 6.21. The SMILES string of the molecule is CC1(C)CC(C)(c2ccc(O)cc2)c2cc(-c3ccc(O)cc3)ccc21. The molecule has 26 heavy (non-hydrogen) atoms. The van der Waals surface area contributed by atoms with Gasteiger partial charge in [-0.25, -0.2) is 0 Å². The van der Waals surface area contributed by atoms with Crippen LogP contribution in [0.5, 0.6) is 11.5 Å². The van der Waals surface area contributed by atoms with Crippen molar-refractivity contribution in [2.45, 2.75) is 38.0 Å². The molecule has 0 radical (unpaired) electrons. The van der Waals surface area contributed by atoms with Gasteiger partial charge >= 0.3 is 0 Å². The number of aromatic hydroxyl groups is 2. The van der Waals surface area contributed by atoms with Crippen molar-refractivity contribution in [1.29, 1.82) is 0 Å². The van der Waals surface area contributed by atoms with Crippen LogP contribution in [0.25, 0.3) is 11.1 Å². The molecule has 3 aromatic carbocycles. The van der Waals surface area contributed by atoms with E-state index in [0.29, 0.717) is 5.75 Å². The molecule has 0 amide bonds. The highest BCUT2D eigenvalue weighted by atomic mass is 16.3. The summed E-state index contributed by atoms with van der Waals surface area (Å²) in [7, 11) is 0. The molecule has 0 aromatic heterocycles. The molecule has 1 aliphatic rings. The Morgan fingerprint density at radius 1 is 0.654 bits per heavy atom. The highest BCUT2D eigenvalue weighted by Crippen LogP contribution is 2.53. The molecule has 0 aliphatic heterocycles. The topological polar surface area (TPSA) is 40.5 Å². The highest BCUT2D eigenvalue weighted by Gasteiger charge is 2.45. The number of hydrogen-bond acceptors (Lipinski definition) is 2. The maximum absolute atomic E-state index is 9.68. The van der Waals surface area contributed by atoms with Crippen molar-refractivity contribution in [2.24, 2.45) is 0 Å². The van der Waals surface area contributed by atoms with Crippen molar-refractivity contribution in [3.8, 4) is 22.6 Å². The van der Waals surface area contributed by atoms with Crippen LogP contribution in [-0.4, -0.2) is 10.2 Å². The minimum atomic E-state index is -0.0978. The second-order valence-corrected chi connectivity index (χ2v) is 8.25. The fourth-order valence-corrected chi connectivity index (χ4v) is 4.59. The van der Waals surface area contributed by atoms with Gasteiger partial charge in [0.1, 0.15) is 11.5 Å². The Morgan fingerprint density at radius 3 is 1.81 bits per heavy atom. The van der Waals surface area contributed by atoms with E-state index in [2.05, 4.69) is 39.0 Å². The molecule has 1 unspecified atom stereocenters. The zero-order valence-electron chi connectivity index (χ0n) is 15.5. The Labute approximate surface area is 154 Å². The lowest BCUT2D eigenvalue weighted by molar-refractivity contribution is 0.424. The third-order valence-corrected chi connectivity index (χ3v) is 5.84. The van der Waals surface area contributed by atoms with Crippen molar-refractivity contribution in [3.63, 3.8) is 0 Å². The van der Waals surface area contributed by atoms with E-state index in [4.69, 9.17) is 0 Å². The minimum absolute atomic E-state index is 0.0927. The molecule has 0 bridgehead atoms. The first-order valence-electron chi connectivity index (χ1n) is 9.04. The Bertz CT molecular complexity index is 953. The molecule has 4 rings (SSSR count). The van der Waals surface area contributed by atoms with E-state index in [1.165, 1.54) is 16.7 Å². The molecule has 0 saturated heterocycles. The summed E-state index contributed by atoms with van der Waals surface area (Å²) in [4.78, 5) is 0. The first-order valence-corrected chi connectivity index (χ1v) is 9.04. The summed E-state index contributed by atoms with van der Waals surface area (Å²) in [6.45, 7) is 6.91. The van der Waals surface area contributed by atoms with Crippen LogP contribution in [0.4, 0.5) is 0 Å². The number of phenolic OH excluding ortho intramolecular Hbond substituents is 2. The first kappa shape index (κ1) is 16.7. The van der Waals surface area contributed by atoms with Gasteiger partial charge in [-0.15, -0.1) is 0 Å². The molecular weight excluding hydrogens is 320 g/mol. The monoisotopic (exact) mass is 344 g/mol. The van der Waals surface area contributed by atoms with Crippen LogP contribution < -0.4 is 0 Å². The maximum atomic E-state index is 9.68. The van der Waals surface area contributed by atoms with E-state index < -0.39 is 0 Å². The zero-order valence-corrected chi connectivity index (χ0v) is 15.5. The summed E-state index contributed by atoms with van der Waals surface area (Å²) < 4.78 is 0. The van der Waals surface area contributed by atoms with Crippen LogP contribution in [0, 0.1) is 0 Å². The smallest absolute Gasteiger partial charge is 0.115 e. The summed E-state index contributed by atoms with van der Waals surface area (Å²) >= 11 is 0. The van der Waals surface area contributed by atoms with Crippen molar-refractivity contribution in [2.75, 3.05) is 0 Å². The van der Waals surface area contributed by atoms with Gasteiger partial charge in [0.05, 0.1) is 0 Å². The predicted octanol–water partition coefficient (Wildman–Crippen LogP) is 5.75. The molecule has 0 saturated carbocycles. The molecule has 0 heterocycles. The van der Waals surface area contributed by atoms with E-state index in [-0.39, 0.29) is 16.6 Å². The number of fused-ring (bicyclic) bond motifs is 1. The van der Waals surface area contributed by atoms with Gasteiger partial charge in [-0.2, -0.15) is 0 Å². The summed E-state index contributed by atoms with van der Waals surface area (Å²) in [5, 5.41) is 19.2. The third kappa shape index (κ3) is 2.57. The van der Waals surface area contributed by atoms with Crippen molar-refractivity contribution in [3.05, 3.63) is 83.4 Å². The molecule has 2 N–H and O–H groups in total. The van der Waals surface area contributed by atoms with Crippen LogP contribution in [-0.2, 0) is 10.8 Å². The predicted molar refractivity (Wildman–Crippen MR) is 106 cm³/mol. The average Bonchev–Trinajstić information content (AvgIpc) is 2.82. The van der Waals surface area contributed by atoms with Crippen LogP contribution >= 0.6 is 0 Å². The number of phenols is 2. The van der Waals surface area contributed by atoms with Crippen molar-refractivity contribution in [1.82, 2.24) is 0 Å². The summed E-state index contributed by atoms with van der Waals surface area (Å²) in [6.07, 6.45) is 1.03. The Hall–Kier alpha value is -2.74. The van der Waals surface area contributed by atoms with Crippen molar-refractivity contribution >= 4 is 0 Å². The fourth-order valence-electron chi connectivity index (χ4n) is 4.59. The van der Waals surface area contributed by atoms with Gasteiger partial charge in [-0.1, -0.05) is 57.2 Å². The quantitative estimate of drug-likeness (QED) is 0.621. The normalized spacial score (nSPS) is 20.7. The van der Waals surface area contributed by atoms with E-state index in [1.807, 2.05) is 24.3 Å². The van der Waals surface area contributed by atoms with E-state index in [9.17, 15) is 10.2 Å². The molecule has 2 nitrogen and oxygen atoms in total. The Morgan fingerprint density at radius 2 is 1.19 bits per heavy atom. The molecule has 1 atom stereocenters. The van der Waals surface area contributed by atoms with Crippen LogP contribution in [0.2, 0.25) is 0 Å². The number of benzene rings is 3. The standard InChI is InChI=1S/C24H24O2/c1-23(2)15-24(3,18-7-11-20(26)12-8-18)22-14-17(6-13-21(22)23)16-4-9-19(25)10-5-16/h4-14,25-26H,15H2,1-3H3. The molecule has 3 aromatic rings. The molecule has 2 heteroatoms. The largest absolute Gasteiger partial charge is 0.508 e. The Balaban J connectivity index is 1.88. The number of rotatable bonds is 2. The minimum Gasteiger partial charge on any atom is -0.508 e. The highest BCUT2D eigenvalue weighted by molar-refractivity contribution is 5.68. The summed E-state index contributed by atoms with van der Waals surface area (Å²) in [5.74, 6) is 0.581. The van der Waals surface area contributed by atoms with Crippen LogP contribution in [0.3, 0.4) is 0 Å². The maximum Gasteiger partial charge on any atom is 0.115 e. The van der Waals surface area contributed by atoms with Gasteiger partial charge in [0.15, 0.2) is 0 Å². The van der Waals surface area contributed by atoms with Gasteiger partial charge < -0.3 is 10.2 Å². The molecule has 0 fully saturated rings. The van der Waals surface area contributed by atoms with Crippen LogP contribution in [0.1, 0.15) is 43.9 Å². The van der Waals surface area contributed by atoms with Gasteiger partial charge in [0.2, 0.25) is 0 Å². The van der Waals surface area contributed by atoms with Gasteiger partial charge in [-0.05, 0) is 70.0 Å². The lowest BCUT2D eigenvalue weighted by Crippen LogP contribution is -2.23. The zero-order chi connectivity index (χ0) is 18.5. The van der Waals surface area contributed by atoms with E-state index in [1.54, 1.807) is 24.3 Å². The molecule has 1 aliphatic carbocycles. The number of hydrogen-bond donors (Lipinski definition) is 2. The van der Waals surface area contributed by atoms with Gasteiger partial charge in [-0.3, -0.25) is 0 Å². The third-order valence-electron chi connectivity index (χ3n) is 5.84. The molecule has 132 valence electrons. The van der Waals surface area contributed by atoms with Crippen LogP contribution in [0.15, 0.2) is 66.7 Å². The van der Waals surface area contributed by atoms with Crippen molar-refractivity contribution < 1.29 is 10.2 Å². The molecule has 0 spiro atoms. The summed E-state index contributed by atoms with van der Waals surface area (Å²) in [6, 6.07) is 21.7. The van der Waals surface area contributed by atoms with Gasteiger partial charge in [0.25, 0.3) is 0 Å². The average molecular weight is 344 g/mol. The second kappa shape index (κ2) is 5.63. The lowest BCUT2D eigenvalue weighted by Gasteiger charge is -2.28.